The molecule has 0 radical (unpaired) electrons. The first-order valence-corrected chi connectivity index (χ1v) is 7.02. The minimum Gasteiger partial charge on any atom is -0.394 e. The minimum absolute atomic E-state index is 0.00758. The third-order valence-corrected chi connectivity index (χ3v) is 4.47. The van der Waals surface area contributed by atoms with E-state index < -0.39 is 4.92 Å². The molecule has 0 bridgehead atoms. The summed E-state index contributed by atoms with van der Waals surface area (Å²) in [7, 11) is 0. The van der Waals surface area contributed by atoms with Gasteiger partial charge in [0.05, 0.1) is 22.0 Å². The van der Waals surface area contributed by atoms with E-state index >= 15 is 0 Å². The van der Waals surface area contributed by atoms with Gasteiger partial charge >= 0.3 is 0 Å². The van der Waals surface area contributed by atoms with Gasteiger partial charge in [-0.2, -0.15) is 0 Å². The van der Waals surface area contributed by atoms with Crippen LogP contribution in [0.4, 0.5) is 11.5 Å². The second-order valence-electron chi connectivity index (χ2n) is 4.69. The molecular weight excluding hydrogens is 314 g/mol. The Kier molecular flexibility index (Phi) is 4.36. The summed E-state index contributed by atoms with van der Waals surface area (Å²) in [4.78, 5) is 16.7. The number of halogens is 1. The average Bonchev–Trinajstić information content (AvgIpc) is 2.41. The van der Waals surface area contributed by atoms with Gasteiger partial charge in [-0.1, -0.05) is 0 Å². The number of aromatic nitrogens is 1. The first kappa shape index (κ1) is 14.2. The highest BCUT2D eigenvalue weighted by molar-refractivity contribution is 9.10. The van der Waals surface area contributed by atoms with Crippen LogP contribution in [0.1, 0.15) is 24.8 Å². The van der Waals surface area contributed by atoms with Gasteiger partial charge in [-0.05, 0) is 42.1 Å². The van der Waals surface area contributed by atoms with Gasteiger partial charge in [0.15, 0.2) is 0 Å². The maximum absolute atomic E-state index is 10.9. The van der Waals surface area contributed by atoms with Crippen molar-refractivity contribution in [1.82, 2.24) is 4.98 Å². The minimum atomic E-state index is -0.434. The van der Waals surface area contributed by atoms with E-state index in [0.717, 1.165) is 25.8 Å². The van der Waals surface area contributed by atoms with Crippen LogP contribution in [0.3, 0.4) is 0 Å². The van der Waals surface area contributed by atoms with E-state index in [2.05, 4.69) is 20.9 Å². The Morgan fingerprint density at radius 2 is 2.37 bits per heavy atom. The second-order valence-corrected chi connectivity index (χ2v) is 5.48. The van der Waals surface area contributed by atoms with Crippen molar-refractivity contribution < 1.29 is 10.0 Å². The van der Waals surface area contributed by atoms with Crippen LogP contribution < -0.4 is 4.90 Å². The summed E-state index contributed by atoms with van der Waals surface area (Å²) in [5.41, 5.74) is 0.574. The van der Waals surface area contributed by atoms with Crippen LogP contribution in [-0.4, -0.2) is 34.2 Å². The lowest BCUT2D eigenvalue weighted by molar-refractivity contribution is -0.385. The molecule has 1 aromatic rings. The molecule has 19 heavy (non-hydrogen) atoms. The van der Waals surface area contributed by atoms with Gasteiger partial charge in [0, 0.05) is 12.1 Å². The number of nitro groups is 1. The summed E-state index contributed by atoms with van der Waals surface area (Å²) in [6.45, 7) is 2.59. The van der Waals surface area contributed by atoms with Crippen molar-refractivity contribution in [2.24, 2.45) is 0 Å². The van der Waals surface area contributed by atoms with E-state index in [9.17, 15) is 15.2 Å². The first-order valence-electron chi connectivity index (χ1n) is 6.23. The number of piperidine rings is 1. The standard InChI is InChI=1S/C12H16BrN3O3/c1-8-10(16(18)19)6-14-12(11(8)13)15-5-3-2-4-9(15)7-17/h6,9,17H,2-5,7H2,1H3. The Hall–Kier alpha value is -1.21. The molecule has 104 valence electrons. The number of hydrogen-bond acceptors (Lipinski definition) is 5. The molecule has 0 aromatic carbocycles. The maximum Gasteiger partial charge on any atom is 0.291 e. The molecule has 1 N–H and O–H groups in total. The summed E-state index contributed by atoms with van der Waals surface area (Å²) in [5, 5.41) is 20.3. The van der Waals surface area contributed by atoms with Crippen molar-refractivity contribution in [2.75, 3.05) is 18.1 Å². The molecule has 1 saturated heterocycles. The monoisotopic (exact) mass is 329 g/mol. The molecule has 1 atom stereocenters. The van der Waals surface area contributed by atoms with Crippen molar-refractivity contribution in [3.63, 3.8) is 0 Å². The molecule has 0 spiro atoms. The molecule has 1 aliphatic rings. The Morgan fingerprint density at radius 3 is 3.00 bits per heavy atom. The Balaban J connectivity index is 2.39. The molecule has 0 aliphatic carbocycles. The van der Waals surface area contributed by atoms with Gasteiger partial charge in [0.2, 0.25) is 0 Å². The van der Waals surface area contributed by atoms with Gasteiger partial charge in [-0.25, -0.2) is 4.98 Å². The highest BCUT2D eigenvalue weighted by atomic mass is 79.9. The molecule has 2 rings (SSSR count). The SMILES string of the molecule is Cc1c([N+](=O)[O-])cnc(N2CCCCC2CO)c1Br. The Morgan fingerprint density at radius 1 is 1.63 bits per heavy atom. The molecule has 7 heteroatoms. The lowest BCUT2D eigenvalue weighted by Crippen LogP contribution is -2.42. The van der Waals surface area contributed by atoms with Crippen LogP contribution in [0, 0.1) is 17.0 Å². The molecule has 0 amide bonds. The van der Waals surface area contributed by atoms with Crippen LogP contribution in [0.15, 0.2) is 10.7 Å². The predicted molar refractivity (Wildman–Crippen MR) is 75.4 cm³/mol. The number of aliphatic hydroxyl groups is 1. The molecule has 1 fully saturated rings. The smallest absolute Gasteiger partial charge is 0.291 e. The summed E-state index contributed by atoms with van der Waals surface area (Å²) in [5.74, 6) is 0.682. The molecule has 2 heterocycles. The number of hydrogen-bond donors (Lipinski definition) is 1. The van der Waals surface area contributed by atoms with Crippen molar-refractivity contribution >= 4 is 27.4 Å². The topological polar surface area (TPSA) is 79.5 Å². The molecule has 6 nitrogen and oxygen atoms in total. The number of aliphatic hydroxyl groups excluding tert-OH is 1. The highest BCUT2D eigenvalue weighted by Gasteiger charge is 2.27. The Bertz CT molecular complexity index is 495. The third-order valence-electron chi connectivity index (χ3n) is 3.53. The van der Waals surface area contributed by atoms with E-state index in [1.807, 2.05) is 4.90 Å². The number of anilines is 1. The number of pyridine rings is 1. The van der Waals surface area contributed by atoms with E-state index in [0.29, 0.717) is 15.9 Å². The third kappa shape index (κ3) is 2.71. The highest BCUT2D eigenvalue weighted by Crippen LogP contribution is 2.35. The van der Waals surface area contributed by atoms with Crippen LogP contribution >= 0.6 is 15.9 Å². The fourth-order valence-electron chi connectivity index (χ4n) is 2.41. The zero-order chi connectivity index (χ0) is 14.0. The molecular formula is C12H16BrN3O3. The number of nitrogens with zero attached hydrogens (tertiary/aromatic N) is 3. The van der Waals surface area contributed by atoms with Crippen molar-refractivity contribution in [3.8, 4) is 0 Å². The van der Waals surface area contributed by atoms with Gasteiger partial charge in [0.1, 0.15) is 12.0 Å². The van der Waals surface area contributed by atoms with Crippen LogP contribution in [-0.2, 0) is 0 Å². The fraction of sp³-hybridized carbons (Fsp3) is 0.583. The summed E-state index contributed by atoms with van der Waals surface area (Å²) >= 11 is 3.40. The Labute approximate surface area is 119 Å². The lowest BCUT2D eigenvalue weighted by Gasteiger charge is -2.36. The van der Waals surface area contributed by atoms with Crippen molar-refractivity contribution in [1.29, 1.82) is 0 Å². The number of rotatable bonds is 3. The van der Waals surface area contributed by atoms with Crippen LogP contribution in [0.5, 0.6) is 0 Å². The summed E-state index contributed by atoms with van der Waals surface area (Å²) in [6.07, 6.45) is 4.34. The average molecular weight is 330 g/mol. The quantitative estimate of drug-likeness (QED) is 0.680. The largest absolute Gasteiger partial charge is 0.394 e. The van der Waals surface area contributed by atoms with Gasteiger partial charge in [-0.3, -0.25) is 10.1 Å². The van der Waals surface area contributed by atoms with Gasteiger partial charge in [0.25, 0.3) is 5.69 Å². The van der Waals surface area contributed by atoms with Crippen LogP contribution in [0.2, 0.25) is 0 Å². The molecule has 1 aliphatic heterocycles. The molecule has 0 saturated carbocycles. The lowest BCUT2D eigenvalue weighted by atomic mass is 10.0. The zero-order valence-electron chi connectivity index (χ0n) is 10.7. The maximum atomic E-state index is 10.9. The van der Waals surface area contributed by atoms with Gasteiger partial charge < -0.3 is 10.0 Å². The first-order chi connectivity index (χ1) is 9.06. The molecule has 1 unspecified atom stereocenters. The van der Waals surface area contributed by atoms with Crippen molar-refractivity contribution in [2.45, 2.75) is 32.2 Å². The fourth-order valence-corrected chi connectivity index (χ4v) is 2.94. The van der Waals surface area contributed by atoms with E-state index in [-0.39, 0.29) is 18.3 Å². The van der Waals surface area contributed by atoms with E-state index in [1.165, 1.54) is 6.20 Å². The van der Waals surface area contributed by atoms with Gasteiger partial charge in [-0.15, -0.1) is 0 Å². The molecule has 1 aromatic heterocycles. The van der Waals surface area contributed by atoms with E-state index in [4.69, 9.17) is 0 Å². The second kappa shape index (κ2) is 5.83. The predicted octanol–water partition coefficient (Wildman–Crippen LogP) is 2.41. The van der Waals surface area contributed by atoms with Crippen molar-refractivity contribution in [3.05, 3.63) is 26.3 Å². The normalized spacial score (nSPS) is 19.5. The summed E-state index contributed by atoms with van der Waals surface area (Å²) < 4.78 is 0.641. The van der Waals surface area contributed by atoms with E-state index in [1.54, 1.807) is 6.92 Å². The van der Waals surface area contributed by atoms with Crippen LogP contribution in [0.25, 0.3) is 0 Å². The zero-order valence-corrected chi connectivity index (χ0v) is 12.3. The summed E-state index contributed by atoms with van der Waals surface area (Å²) in [6, 6.07) is 0.0402.